The molecule has 2 rings (SSSR count). The van der Waals surface area contributed by atoms with E-state index in [0.29, 0.717) is 5.88 Å². The molecule has 0 N–H and O–H groups in total. The molecule has 2 heterocycles. The van der Waals surface area contributed by atoms with Gasteiger partial charge in [-0.25, -0.2) is 4.98 Å². The van der Waals surface area contributed by atoms with Crippen LogP contribution in [0.3, 0.4) is 0 Å². The maximum absolute atomic E-state index is 5.84. The van der Waals surface area contributed by atoms with Gasteiger partial charge in [0.25, 0.3) is 0 Å². The van der Waals surface area contributed by atoms with E-state index in [4.69, 9.17) is 11.6 Å². The lowest BCUT2D eigenvalue weighted by atomic mass is 10.4. The molecule has 0 unspecified atom stereocenters. The van der Waals surface area contributed by atoms with Crippen LogP contribution in [0.2, 0.25) is 0 Å². The van der Waals surface area contributed by atoms with Gasteiger partial charge in [-0.3, -0.25) is 4.98 Å². The van der Waals surface area contributed by atoms with Crippen molar-refractivity contribution in [2.24, 2.45) is 0 Å². The smallest absolute Gasteiger partial charge is 0.124 e. The molecular weight excluding hydrogens is 198 g/mol. The zero-order chi connectivity index (χ0) is 9.97. The zero-order valence-electron chi connectivity index (χ0n) is 8.07. The SMILES string of the molecule is CCCn1c(CCl)nc2ccncc21. The second kappa shape index (κ2) is 3.96. The number of fused-ring (bicyclic) bond motifs is 1. The third kappa shape index (κ3) is 1.48. The molecule has 74 valence electrons. The molecule has 2 aromatic rings. The van der Waals surface area contributed by atoms with Crippen molar-refractivity contribution in [2.45, 2.75) is 25.8 Å². The minimum absolute atomic E-state index is 0.453. The fourth-order valence-electron chi connectivity index (χ4n) is 1.59. The van der Waals surface area contributed by atoms with Gasteiger partial charge in [-0.05, 0) is 12.5 Å². The van der Waals surface area contributed by atoms with Gasteiger partial charge < -0.3 is 4.57 Å². The third-order valence-electron chi connectivity index (χ3n) is 2.20. The predicted molar refractivity (Wildman–Crippen MR) is 57.4 cm³/mol. The average Bonchev–Trinajstić information content (AvgIpc) is 2.58. The monoisotopic (exact) mass is 209 g/mol. The lowest BCUT2D eigenvalue weighted by Crippen LogP contribution is -2.01. The van der Waals surface area contributed by atoms with Gasteiger partial charge in [0.2, 0.25) is 0 Å². The van der Waals surface area contributed by atoms with Crippen molar-refractivity contribution in [2.75, 3.05) is 0 Å². The van der Waals surface area contributed by atoms with Crippen LogP contribution in [0.15, 0.2) is 18.5 Å². The van der Waals surface area contributed by atoms with E-state index in [2.05, 4.69) is 21.5 Å². The number of rotatable bonds is 3. The van der Waals surface area contributed by atoms with E-state index >= 15 is 0 Å². The fraction of sp³-hybridized carbons (Fsp3) is 0.400. The molecule has 0 radical (unpaired) electrons. The van der Waals surface area contributed by atoms with Gasteiger partial charge in [0, 0.05) is 12.7 Å². The first kappa shape index (κ1) is 9.46. The lowest BCUT2D eigenvalue weighted by molar-refractivity contribution is 0.671. The van der Waals surface area contributed by atoms with Gasteiger partial charge >= 0.3 is 0 Å². The Balaban J connectivity index is 2.61. The number of nitrogens with zero attached hydrogens (tertiary/aromatic N) is 3. The van der Waals surface area contributed by atoms with Gasteiger partial charge in [-0.15, -0.1) is 11.6 Å². The van der Waals surface area contributed by atoms with Crippen LogP contribution < -0.4 is 0 Å². The third-order valence-corrected chi connectivity index (χ3v) is 2.44. The van der Waals surface area contributed by atoms with Crippen molar-refractivity contribution < 1.29 is 0 Å². The number of hydrogen-bond donors (Lipinski definition) is 0. The summed E-state index contributed by atoms with van der Waals surface area (Å²) in [5, 5.41) is 0. The highest BCUT2D eigenvalue weighted by molar-refractivity contribution is 6.16. The van der Waals surface area contributed by atoms with E-state index < -0.39 is 0 Å². The minimum atomic E-state index is 0.453. The quantitative estimate of drug-likeness (QED) is 0.728. The summed E-state index contributed by atoms with van der Waals surface area (Å²) in [6, 6.07) is 1.91. The van der Waals surface area contributed by atoms with E-state index in [-0.39, 0.29) is 0 Å². The molecule has 0 atom stereocenters. The largest absolute Gasteiger partial charge is 0.326 e. The summed E-state index contributed by atoms with van der Waals surface area (Å²) >= 11 is 5.84. The summed E-state index contributed by atoms with van der Waals surface area (Å²) < 4.78 is 2.13. The minimum Gasteiger partial charge on any atom is -0.326 e. The van der Waals surface area contributed by atoms with Crippen molar-refractivity contribution in [3.05, 3.63) is 24.3 Å². The fourth-order valence-corrected chi connectivity index (χ4v) is 1.80. The lowest BCUT2D eigenvalue weighted by Gasteiger charge is -2.04. The standard InChI is InChI=1S/C10H12ClN3/c1-2-5-14-9-7-12-4-3-8(9)13-10(14)6-11/h3-4,7H,2,5-6H2,1H3. The molecule has 0 aliphatic heterocycles. The van der Waals surface area contributed by atoms with Gasteiger partial charge in [0.05, 0.1) is 23.1 Å². The highest BCUT2D eigenvalue weighted by Crippen LogP contribution is 2.16. The average molecular weight is 210 g/mol. The maximum Gasteiger partial charge on any atom is 0.124 e. The molecule has 0 fully saturated rings. The Kier molecular flexibility index (Phi) is 2.68. The molecule has 14 heavy (non-hydrogen) atoms. The first-order chi connectivity index (χ1) is 6.86. The molecule has 0 saturated heterocycles. The molecule has 0 spiro atoms. The van der Waals surface area contributed by atoms with Crippen LogP contribution >= 0.6 is 11.6 Å². The second-order valence-electron chi connectivity index (χ2n) is 3.18. The van der Waals surface area contributed by atoms with Crippen LogP contribution in [0.5, 0.6) is 0 Å². The summed E-state index contributed by atoms with van der Waals surface area (Å²) in [5.74, 6) is 1.38. The van der Waals surface area contributed by atoms with Crippen molar-refractivity contribution in [3.8, 4) is 0 Å². The normalized spacial score (nSPS) is 11.0. The molecule has 0 aromatic carbocycles. The molecule has 0 bridgehead atoms. The summed E-state index contributed by atoms with van der Waals surface area (Å²) in [4.78, 5) is 8.54. The summed E-state index contributed by atoms with van der Waals surface area (Å²) in [6.07, 6.45) is 4.67. The Morgan fingerprint density at radius 2 is 2.36 bits per heavy atom. The number of aromatic nitrogens is 3. The molecule has 0 aliphatic carbocycles. The van der Waals surface area contributed by atoms with E-state index in [0.717, 1.165) is 29.8 Å². The Bertz CT molecular complexity index is 436. The molecule has 3 nitrogen and oxygen atoms in total. The number of pyridine rings is 1. The first-order valence-corrected chi connectivity index (χ1v) is 5.25. The molecule has 0 amide bonds. The number of halogens is 1. The highest BCUT2D eigenvalue weighted by Gasteiger charge is 2.08. The van der Waals surface area contributed by atoms with Gasteiger partial charge in [0.1, 0.15) is 5.82 Å². The Morgan fingerprint density at radius 3 is 3.07 bits per heavy atom. The number of hydrogen-bond acceptors (Lipinski definition) is 2. The number of alkyl halides is 1. The molecule has 4 heteroatoms. The van der Waals surface area contributed by atoms with E-state index in [1.165, 1.54) is 0 Å². The van der Waals surface area contributed by atoms with Crippen LogP contribution in [-0.2, 0) is 12.4 Å². The van der Waals surface area contributed by atoms with Gasteiger partial charge in [0.15, 0.2) is 0 Å². The van der Waals surface area contributed by atoms with Crippen molar-refractivity contribution in [1.29, 1.82) is 0 Å². The van der Waals surface area contributed by atoms with Crippen molar-refractivity contribution >= 4 is 22.6 Å². The van der Waals surface area contributed by atoms with E-state index in [1.54, 1.807) is 6.20 Å². The first-order valence-electron chi connectivity index (χ1n) is 4.72. The van der Waals surface area contributed by atoms with Crippen molar-refractivity contribution in [1.82, 2.24) is 14.5 Å². The summed E-state index contributed by atoms with van der Waals surface area (Å²) in [7, 11) is 0. The molecule has 0 saturated carbocycles. The summed E-state index contributed by atoms with van der Waals surface area (Å²) in [5.41, 5.74) is 2.05. The van der Waals surface area contributed by atoms with Crippen LogP contribution in [0.4, 0.5) is 0 Å². The zero-order valence-corrected chi connectivity index (χ0v) is 8.83. The van der Waals surface area contributed by atoms with Crippen LogP contribution in [0.25, 0.3) is 11.0 Å². The van der Waals surface area contributed by atoms with Crippen LogP contribution in [0, 0.1) is 0 Å². The second-order valence-corrected chi connectivity index (χ2v) is 3.44. The molecular formula is C10H12ClN3. The van der Waals surface area contributed by atoms with Gasteiger partial charge in [-0.2, -0.15) is 0 Å². The van der Waals surface area contributed by atoms with Gasteiger partial charge in [-0.1, -0.05) is 6.92 Å². The number of imidazole rings is 1. The van der Waals surface area contributed by atoms with E-state index in [9.17, 15) is 0 Å². The summed E-state index contributed by atoms with van der Waals surface area (Å²) in [6.45, 7) is 3.09. The maximum atomic E-state index is 5.84. The van der Waals surface area contributed by atoms with Crippen LogP contribution in [-0.4, -0.2) is 14.5 Å². The van der Waals surface area contributed by atoms with Crippen molar-refractivity contribution in [3.63, 3.8) is 0 Å². The molecule has 2 aromatic heterocycles. The number of aryl methyl sites for hydroxylation is 1. The van der Waals surface area contributed by atoms with Crippen LogP contribution in [0.1, 0.15) is 19.2 Å². The predicted octanol–water partition coefficient (Wildman–Crippen LogP) is 2.58. The Hall–Kier alpha value is -1.09. The topological polar surface area (TPSA) is 30.7 Å². The van der Waals surface area contributed by atoms with E-state index in [1.807, 2.05) is 12.3 Å². The Labute approximate surface area is 87.7 Å². The molecule has 0 aliphatic rings. The Morgan fingerprint density at radius 1 is 1.50 bits per heavy atom. The highest BCUT2D eigenvalue weighted by atomic mass is 35.5.